The van der Waals surface area contributed by atoms with Crippen molar-refractivity contribution in [3.05, 3.63) is 82.1 Å². The normalized spacial score (nSPS) is 10.3. The molecule has 5 nitrogen and oxygen atoms in total. The first-order valence-corrected chi connectivity index (χ1v) is 8.04. The van der Waals surface area contributed by atoms with Crippen LogP contribution in [0.3, 0.4) is 0 Å². The van der Waals surface area contributed by atoms with E-state index in [0.29, 0.717) is 29.1 Å². The third kappa shape index (κ3) is 3.70. The molecule has 0 saturated heterocycles. The Labute approximate surface area is 150 Å². The summed E-state index contributed by atoms with van der Waals surface area (Å²) < 4.78 is 1.60. The van der Waals surface area contributed by atoms with Crippen LogP contribution in [0.2, 0.25) is 5.15 Å². The lowest BCUT2D eigenvalue weighted by Crippen LogP contribution is -2.13. The summed E-state index contributed by atoms with van der Waals surface area (Å²) in [7, 11) is 0. The van der Waals surface area contributed by atoms with Crippen LogP contribution in [-0.4, -0.2) is 15.7 Å². The maximum Gasteiger partial charge on any atom is 0.260 e. The molecule has 25 heavy (non-hydrogen) atoms. The second kappa shape index (κ2) is 7.20. The highest BCUT2D eigenvalue weighted by atomic mass is 35.5. The van der Waals surface area contributed by atoms with Crippen LogP contribution in [0.15, 0.2) is 54.6 Å². The Balaban J connectivity index is 1.84. The van der Waals surface area contributed by atoms with Crippen molar-refractivity contribution in [1.29, 1.82) is 5.26 Å². The highest BCUT2D eigenvalue weighted by Crippen LogP contribution is 2.22. The molecule has 124 valence electrons. The number of nitrogens with one attached hydrogen (secondary N) is 1. The molecule has 2 aromatic carbocycles. The van der Waals surface area contributed by atoms with E-state index in [1.54, 1.807) is 35.9 Å². The third-order valence-corrected chi connectivity index (χ3v) is 4.10. The van der Waals surface area contributed by atoms with Crippen molar-refractivity contribution in [3.63, 3.8) is 0 Å². The van der Waals surface area contributed by atoms with E-state index in [-0.39, 0.29) is 11.1 Å². The molecule has 0 aliphatic rings. The first kappa shape index (κ1) is 16.7. The van der Waals surface area contributed by atoms with Gasteiger partial charge in [-0.3, -0.25) is 4.79 Å². The molecular formula is C19H15ClN4O. The first-order valence-electron chi connectivity index (χ1n) is 7.67. The molecule has 0 aliphatic heterocycles. The number of nitrogens with zero attached hydrogens (tertiary/aromatic N) is 3. The van der Waals surface area contributed by atoms with Gasteiger partial charge in [0.1, 0.15) is 5.15 Å². The molecule has 6 heteroatoms. The zero-order chi connectivity index (χ0) is 17.8. The molecule has 0 fully saturated rings. The summed E-state index contributed by atoms with van der Waals surface area (Å²) in [6.45, 7) is 2.23. The summed E-state index contributed by atoms with van der Waals surface area (Å²) >= 11 is 6.39. The van der Waals surface area contributed by atoms with Gasteiger partial charge in [-0.2, -0.15) is 10.4 Å². The molecule has 0 atom stereocenters. The zero-order valence-corrected chi connectivity index (χ0v) is 14.3. The molecule has 1 heterocycles. The predicted octanol–water partition coefficient (Wildman–Crippen LogP) is 4.02. The van der Waals surface area contributed by atoms with Gasteiger partial charge < -0.3 is 5.32 Å². The molecule has 0 radical (unpaired) electrons. The van der Waals surface area contributed by atoms with Crippen molar-refractivity contribution in [2.75, 3.05) is 5.32 Å². The van der Waals surface area contributed by atoms with Gasteiger partial charge in [0.25, 0.3) is 5.91 Å². The Bertz CT molecular complexity index is 957. The SMILES string of the molecule is Cc1nn(Cc2ccccc2)c(Cl)c1C(=O)Nc1cccc(C#N)c1. The lowest BCUT2D eigenvalue weighted by atomic mass is 10.2. The van der Waals surface area contributed by atoms with E-state index < -0.39 is 0 Å². The van der Waals surface area contributed by atoms with Gasteiger partial charge >= 0.3 is 0 Å². The second-order valence-electron chi connectivity index (χ2n) is 5.54. The topological polar surface area (TPSA) is 70.7 Å². The summed E-state index contributed by atoms with van der Waals surface area (Å²) in [5.74, 6) is -0.350. The van der Waals surface area contributed by atoms with Gasteiger partial charge in [-0.25, -0.2) is 4.68 Å². The summed E-state index contributed by atoms with van der Waals surface area (Å²) in [5.41, 5.74) is 2.94. The summed E-state index contributed by atoms with van der Waals surface area (Å²) in [4.78, 5) is 12.6. The average Bonchev–Trinajstić information content (AvgIpc) is 2.89. The number of benzene rings is 2. The third-order valence-electron chi connectivity index (χ3n) is 3.72. The molecule has 1 aromatic heterocycles. The van der Waals surface area contributed by atoms with Crippen molar-refractivity contribution < 1.29 is 4.79 Å². The molecule has 1 amide bonds. The molecule has 0 saturated carbocycles. The van der Waals surface area contributed by atoms with Gasteiger partial charge in [-0.15, -0.1) is 0 Å². The smallest absolute Gasteiger partial charge is 0.260 e. The molecule has 3 rings (SSSR count). The maximum absolute atomic E-state index is 12.6. The van der Waals surface area contributed by atoms with E-state index in [1.165, 1.54) is 0 Å². The van der Waals surface area contributed by atoms with Crippen LogP contribution < -0.4 is 5.32 Å². The fraction of sp³-hybridized carbons (Fsp3) is 0.105. The van der Waals surface area contributed by atoms with Crippen LogP contribution in [-0.2, 0) is 6.54 Å². The van der Waals surface area contributed by atoms with Gasteiger partial charge in [0, 0.05) is 5.69 Å². The van der Waals surface area contributed by atoms with E-state index in [1.807, 2.05) is 36.4 Å². The van der Waals surface area contributed by atoms with E-state index >= 15 is 0 Å². The summed E-state index contributed by atoms with van der Waals surface area (Å²) in [6, 6.07) is 18.5. The molecule has 0 aliphatic carbocycles. The van der Waals surface area contributed by atoms with E-state index in [4.69, 9.17) is 16.9 Å². The van der Waals surface area contributed by atoms with Gasteiger partial charge in [0.2, 0.25) is 0 Å². The van der Waals surface area contributed by atoms with Gasteiger partial charge in [-0.05, 0) is 30.7 Å². The van der Waals surface area contributed by atoms with E-state index in [9.17, 15) is 4.79 Å². The van der Waals surface area contributed by atoms with E-state index in [0.717, 1.165) is 5.56 Å². The molecule has 3 aromatic rings. The lowest BCUT2D eigenvalue weighted by Gasteiger charge is -2.06. The van der Waals surface area contributed by atoms with Gasteiger partial charge in [0.05, 0.1) is 29.4 Å². The standard InChI is InChI=1S/C19H15ClN4O/c1-13-17(19(25)22-16-9-5-8-15(10-16)11-21)18(20)24(23-13)12-14-6-3-2-4-7-14/h2-10H,12H2,1H3,(H,22,25). The number of carbonyl (C=O) groups excluding carboxylic acids is 1. The Morgan fingerprint density at radius 3 is 2.72 bits per heavy atom. The fourth-order valence-corrected chi connectivity index (χ4v) is 2.85. The molecule has 1 N–H and O–H groups in total. The van der Waals surface area contributed by atoms with Crippen LogP contribution >= 0.6 is 11.6 Å². The van der Waals surface area contributed by atoms with E-state index in [2.05, 4.69) is 10.4 Å². The number of carbonyl (C=O) groups is 1. The van der Waals surface area contributed by atoms with Crippen molar-refractivity contribution in [2.45, 2.75) is 13.5 Å². The van der Waals surface area contributed by atoms with Crippen LogP contribution in [0.4, 0.5) is 5.69 Å². The molecule has 0 unspecified atom stereocenters. The van der Waals surface area contributed by atoms with Crippen molar-refractivity contribution in [1.82, 2.24) is 9.78 Å². The summed E-state index contributed by atoms with van der Waals surface area (Å²) in [5, 5.41) is 16.4. The second-order valence-corrected chi connectivity index (χ2v) is 5.90. The van der Waals surface area contributed by atoms with Crippen molar-refractivity contribution in [3.8, 4) is 6.07 Å². The minimum absolute atomic E-state index is 0.287. The summed E-state index contributed by atoms with van der Waals surface area (Å²) in [6.07, 6.45) is 0. The lowest BCUT2D eigenvalue weighted by molar-refractivity contribution is 0.102. The van der Waals surface area contributed by atoms with Gasteiger partial charge in [0.15, 0.2) is 0 Å². The van der Waals surface area contributed by atoms with Crippen molar-refractivity contribution >= 4 is 23.2 Å². The number of hydrogen-bond acceptors (Lipinski definition) is 3. The number of anilines is 1. The minimum Gasteiger partial charge on any atom is -0.322 e. The average molecular weight is 351 g/mol. The first-order chi connectivity index (χ1) is 12.1. The monoisotopic (exact) mass is 350 g/mol. The number of rotatable bonds is 4. The molecule has 0 spiro atoms. The highest BCUT2D eigenvalue weighted by molar-refractivity contribution is 6.33. The van der Waals surface area contributed by atoms with Crippen LogP contribution in [0.5, 0.6) is 0 Å². The number of hydrogen-bond donors (Lipinski definition) is 1. The zero-order valence-electron chi connectivity index (χ0n) is 13.5. The largest absolute Gasteiger partial charge is 0.322 e. The Morgan fingerprint density at radius 1 is 1.24 bits per heavy atom. The number of aromatic nitrogens is 2. The minimum atomic E-state index is -0.350. The fourth-order valence-electron chi connectivity index (χ4n) is 2.53. The Hall–Kier alpha value is -3.10. The number of amides is 1. The molecular weight excluding hydrogens is 336 g/mol. The number of aryl methyl sites for hydroxylation is 1. The highest BCUT2D eigenvalue weighted by Gasteiger charge is 2.20. The van der Waals surface area contributed by atoms with Crippen LogP contribution in [0.1, 0.15) is 27.2 Å². The quantitative estimate of drug-likeness (QED) is 0.772. The van der Waals surface area contributed by atoms with Crippen LogP contribution in [0, 0.1) is 18.3 Å². The number of nitriles is 1. The van der Waals surface area contributed by atoms with Gasteiger partial charge in [-0.1, -0.05) is 48.0 Å². The Kier molecular flexibility index (Phi) is 4.82. The predicted molar refractivity (Wildman–Crippen MR) is 96.6 cm³/mol. The maximum atomic E-state index is 12.6. The van der Waals surface area contributed by atoms with Crippen molar-refractivity contribution in [2.24, 2.45) is 0 Å². The number of halogens is 1. The Morgan fingerprint density at radius 2 is 2.00 bits per heavy atom. The molecule has 0 bridgehead atoms. The van der Waals surface area contributed by atoms with Crippen LogP contribution in [0.25, 0.3) is 0 Å².